The van der Waals surface area contributed by atoms with Gasteiger partial charge in [0.15, 0.2) is 17.5 Å². The highest BCUT2D eigenvalue weighted by Gasteiger charge is 2.13. The van der Waals surface area contributed by atoms with Gasteiger partial charge < -0.3 is 29.6 Å². The number of hydrogen-bond donors (Lipinski definition) is 2. The van der Waals surface area contributed by atoms with Crippen molar-refractivity contribution in [3.05, 3.63) is 48.0 Å². The molecule has 152 valence electrons. The number of aliphatic imine (C=N–C) groups is 1. The molecule has 1 atom stereocenters. The largest absolute Gasteiger partial charge is 0.493 e. The smallest absolute Gasteiger partial charge is 0.203 e. The summed E-state index contributed by atoms with van der Waals surface area (Å²) in [5.41, 5.74) is 0.978. The topological polar surface area (TPSA) is 73.3 Å². The SMILES string of the molecule is CN=C(NCc1cc(OC)c(OC)c(OC)c1)NCC(C)Oc1ccccc1. The molecule has 0 aliphatic carbocycles. The number of guanidine groups is 1. The summed E-state index contributed by atoms with van der Waals surface area (Å²) in [6.45, 7) is 3.17. The first-order valence-corrected chi connectivity index (χ1v) is 9.06. The van der Waals surface area contributed by atoms with E-state index in [9.17, 15) is 0 Å². The minimum atomic E-state index is -0.0119. The molecule has 0 heterocycles. The summed E-state index contributed by atoms with van der Waals surface area (Å²) < 4.78 is 22.0. The van der Waals surface area contributed by atoms with E-state index in [1.54, 1.807) is 28.4 Å². The number of nitrogens with one attached hydrogen (secondary N) is 2. The lowest BCUT2D eigenvalue weighted by Gasteiger charge is -2.18. The Labute approximate surface area is 166 Å². The Hall–Kier alpha value is -3.09. The van der Waals surface area contributed by atoms with Crippen molar-refractivity contribution in [1.29, 1.82) is 0 Å². The average Bonchev–Trinajstić information content (AvgIpc) is 2.73. The van der Waals surface area contributed by atoms with Crippen molar-refractivity contribution in [2.45, 2.75) is 19.6 Å². The van der Waals surface area contributed by atoms with E-state index in [4.69, 9.17) is 18.9 Å². The molecular formula is C21H29N3O4. The van der Waals surface area contributed by atoms with Crippen molar-refractivity contribution >= 4 is 5.96 Å². The predicted molar refractivity (Wildman–Crippen MR) is 111 cm³/mol. The van der Waals surface area contributed by atoms with Crippen LogP contribution in [0.2, 0.25) is 0 Å². The Balaban J connectivity index is 1.91. The van der Waals surface area contributed by atoms with Crippen LogP contribution >= 0.6 is 0 Å². The van der Waals surface area contributed by atoms with E-state index in [2.05, 4.69) is 15.6 Å². The molecule has 0 amide bonds. The van der Waals surface area contributed by atoms with E-state index in [-0.39, 0.29) is 6.10 Å². The summed E-state index contributed by atoms with van der Waals surface area (Å²) in [5.74, 6) is 3.33. The van der Waals surface area contributed by atoms with Crippen LogP contribution in [0.5, 0.6) is 23.0 Å². The maximum absolute atomic E-state index is 5.87. The van der Waals surface area contributed by atoms with Gasteiger partial charge in [0.05, 0.1) is 27.9 Å². The molecule has 0 bridgehead atoms. The monoisotopic (exact) mass is 387 g/mol. The highest BCUT2D eigenvalue weighted by molar-refractivity contribution is 5.79. The Morgan fingerprint density at radius 2 is 1.61 bits per heavy atom. The fraction of sp³-hybridized carbons (Fsp3) is 0.381. The number of benzene rings is 2. The van der Waals surface area contributed by atoms with E-state index >= 15 is 0 Å². The van der Waals surface area contributed by atoms with Crippen LogP contribution in [0.1, 0.15) is 12.5 Å². The zero-order valence-corrected chi connectivity index (χ0v) is 17.1. The summed E-state index contributed by atoms with van der Waals surface area (Å²) in [4.78, 5) is 4.25. The lowest BCUT2D eigenvalue weighted by molar-refractivity contribution is 0.224. The third kappa shape index (κ3) is 5.97. The summed E-state index contributed by atoms with van der Waals surface area (Å²) in [6, 6.07) is 13.6. The number of nitrogens with zero attached hydrogens (tertiary/aromatic N) is 1. The second kappa shape index (κ2) is 10.9. The minimum Gasteiger partial charge on any atom is -0.493 e. The van der Waals surface area contributed by atoms with Gasteiger partial charge in [-0.25, -0.2) is 0 Å². The molecule has 0 fully saturated rings. The van der Waals surface area contributed by atoms with E-state index in [0.717, 1.165) is 11.3 Å². The van der Waals surface area contributed by atoms with Gasteiger partial charge >= 0.3 is 0 Å². The highest BCUT2D eigenvalue weighted by Crippen LogP contribution is 2.38. The molecule has 0 spiro atoms. The molecular weight excluding hydrogens is 358 g/mol. The van der Waals surface area contributed by atoms with Crippen molar-refractivity contribution in [3.63, 3.8) is 0 Å². The van der Waals surface area contributed by atoms with Crippen LogP contribution in [0.15, 0.2) is 47.5 Å². The second-order valence-corrected chi connectivity index (χ2v) is 6.08. The van der Waals surface area contributed by atoms with Crippen molar-refractivity contribution in [2.75, 3.05) is 34.9 Å². The number of hydrogen-bond acceptors (Lipinski definition) is 5. The summed E-state index contributed by atoms with van der Waals surface area (Å²) in [7, 11) is 6.52. The molecule has 0 aromatic heterocycles. The number of rotatable bonds is 9. The quantitative estimate of drug-likeness (QED) is 0.509. The summed E-state index contributed by atoms with van der Waals surface area (Å²) >= 11 is 0. The molecule has 0 saturated heterocycles. The molecule has 0 aliphatic heterocycles. The van der Waals surface area contributed by atoms with Gasteiger partial charge in [0.2, 0.25) is 5.75 Å². The molecule has 2 N–H and O–H groups in total. The van der Waals surface area contributed by atoms with Crippen molar-refractivity contribution in [1.82, 2.24) is 10.6 Å². The molecule has 2 rings (SSSR count). The maximum Gasteiger partial charge on any atom is 0.203 e. The van der Waals surface area contributed by atoms with Gasteiger partial charge in [0.25, 0.3) is 0 Å². The molecule has 0 aliphatic rings. The third-order valence-corrected chi connectivity index (χ3v) is 4.05. The number of para-hydroxylation sites is 1. The third-order valence-electron chi connectivity index (χ3n) is 4.05. The molecule has 28 heavy (non-hydrogen) atoms. The van der Waals surface area contributed by atoms with Crippen LogP contribution in [-0.2, 0) is 6.54 Å². The second-order valence-electron chi connectivity index (χ2n) is 6.08. The van der Waals surface area contributed by atoms with Crippen molar-refractivity contribution in [3.8, 4) is 23.0 Å². The van der Waals surface area contributed by atoms with Crippen LogP contribution in [0.3, 0.4) is 0 Å². The van der Waals surface area contributed by atoms with Gasteiger partial charge in [-0.2, -0.15) is 0 Å². The zero-order valence-electron chi connectivity index (χ0n) is 17.1. The molecule has 0 radical (unpaired) electrons. The Bertz CT molecular complexity index is 740. The molecule has 1 unspecified atom stereocenters. The lowest BCUT2D eigenvalue weighted by atomic mass is 10.2. The molecule has 7 nitrogen and oxygen atoms in total. The fourth-order valence-electron chi connectivity index (χ4n) is 2.66. The maximum atomic E-state index is 5.87. The molecule has 7 heteroatoms. The van der Waals surface area contributed by atoms with Gasteiger partial charge in [-0.1, -0.05) is 18.2 Å². The van der Waals surface area contributed by atoms with Crippen LogP contribution in [0.25, 0.3) is 0 Å². The van der Waals surface area contributed by atoms with E-state index in [1.165, 1.54) is 0 Å². The van der Waals surface area contributed by atoms with Crippen LogP contribution in [-0.4, -0.2) is 47.0 Å². The molecule has 2 aromatic carbocycles. The van der Waals surface area contributed by atoms with Gasteiger partial charge in [-0.05, 0) is 36.8 Å². The van der Waals surface area contributed by atoms with Gasteiger partial charge in [-0.3, -0.25) is 4.99 Å². The average molecular weight is 387 g/mol. The summed E-state index contributed by atoms with van der Waals surface area (Å²) in [5, 5.41) is 6.54. The van der Waals surface area contributed by atoms with Crippen LogP contribution in [0.4, 0.5) is 0 Å². The summed E-state index contributed by atoms with van der Waals surface area (Å²) in [6.07, 6.45) is -0.0119. The normalized spacial score (nSPS) is 12.1. The Morgan fingerprint density at radius 1 is 0.964 bits per heavy atom. The highest BCUT2D eigenvalue weighted by atomic mass is 16.5. The molecule has 2 aromatic rings. The van der Waals surface area contributed by atoms with E-state index in [1.807, 2.05) is 49.4 Å². The number of methoxy groups -OCH3 is 3. The minimum absolute atomic E-state index is 0.0119. The lowest BCUT2D eigenvalue weighted by Crippen LogP contribution is -2.41. The van der Waals surface area contributed by atoms with Gasteiger partial charge in [0, 0.05) is 13.6 Å². The van der Waals surface area contributed by atoms with Crippen molar-refractivity contribution in [2.24, 2.45) is 4.99 Å². The molecule has 0 saturated carbocycles. The van der Waals surface area contributed by atoms with Crippen LogP contribution < -0.4 is 29.6 Å². The first-order chi connectivity index (χ1) is 13.6. The standard InChI is InChI=1S/C21H29N3O4/c1-15(28-17-9-7-6-8-10-17)13-23-21(22-2)24-14-16-11-18(25-3)20(27-5)19(12-16)26-4/h6-12,15H,13-14H2,1-5H3,(H2,22,23,24). The van der Waals surface area contributed by atoms with Gasteiger partial charge in [0.1, 0.15) is 11.9 Å². The van der Waals surface area contributed by atoms with Crippen molar-refractivity contribution < 1.29 is 18.9 Å². The fourth-order valence-corrected chi connectivity index (χ4v) is 2.66. The first kappa shape index (κ1) is 21.2. The van der Waals surface area contributed by atoms with Crippen LogP contribution in [0, 0.1) is 0 Å². The zero-order chi connectivity index (χ0) is 20.4. The van der Waals surface area contributed by atoms with Gasteiger partial charge in [-0.15, -0.1) is 0 Å². The Morgan fingerprint density at radius 3 is 2.14 bits per heavy atom. The number of ether oxygens (including phenoxy) is 4. The predicted octanol–water partition coefficient (Wildman–Crippen LogP) is 2.84. The van der Waals surface area contributed by atoms with E-state index in [0.29, 0.717) is 36.3 Å². The first-order valence-electron chi connectivity index (χ1n) is 9.06. The Kier molecular flexibility index (Phi) is 8.27. The van der Waals surface area contributed by atoms with E-state index < -0.39 is 0 Å².